The first-order valence-corrected chi connectivity index (χ1v) is 10.0. The van der Waals surface area contributed by atoms with Gasteiger partial charge in [0.15, 0.2) is 0 Å². The molecule has 5 heteroatoms. The number of rotatable bonds is 6. The molecule has 3 atom stereocenters. The smallest absolute Gasteiger partial charge is 0.240 e. The van der Waals surface area contributed by atoms with Crippen molar-refractivity contribution in [2.75, 3.05) is 26.7 Å². The lowest BCUT2D eigenvalue weighted by Gasteiger charge is -2.40. The summed E-state index contributed by atoms with van der Waals surface area (Å²) in [6.45, 7) is 2.31. The van der Waals surface area contributed by atoms with E-state index in [1.807, 2.05) is 18.2 Å². The zero-order valence-electron chi connectivity index (χ0n) is 16.0. The monoisotopic (exact) mass is 367 g/mol. The minimum atomic E-state index is -0.00720. The second-order valence-electron chi connectivity index (χ2n) is 7.87. The van der Waals surface area contributed by atoms with Crippen molar-refractivity contribution in [2.45, 2.75) is 43.9 Å². The molecule has 0 spiro atoms. The Labute approximate surface area is 161 Å². The van der Waals surface area contributed by atoms with Crippen LogP contribution in [0.5, 0.6) is 5.75 Å². The third kappa shape index (κ3) is 3.80. The zero-order chi connectivity index (χ0) is 18.8. The number of piperazine rings is 1. The fourth-order valence-corrected chi connectivity index (χ4v) is 4.50. The summed E-state index contributed by atoms with van der Waals surface area (Å²) in [4.78, 5) is 17.3. The quantitative estimate of drug-likeness (QED) is 0.798. The number of carbonyl (C=O) groups is 1. The molecule has 0 bridgehead atoms. The van der Waals surface area contributed by atoms with Crippen molar-refractivity contribution in [3.8, 4) is 5.75 Å². The van der Waals surface area contributed by atoms with E-state index in [0.717, 1.165) is 38.0 Å². The van der Waals surface area contributed by atoms with Crippen LogP contribution in [0.25, 0.3) is 10.8 Å². The van der Waals surface area contributed by atoms with Gasteiger partial charge in [-0.05, 0) is 49.3 Å². The van der Waals surface area contributed by atoms with Gasteiger partial charge in [-0.2, -0.15) is 0 Å². The summed E-state index contributed by atoms with van der Waals surface area (Å²) in [6.07, 6.45) is 3.85. The predicted octanol–water partition coefficient (Wildman–Crippen LogP) is 2.63. The first kappa shape index (κ1) is 18.3. The van der Waals surface area contributed by atoms with Crippen LogP contribution in [0.4, 0.5) is 0 Å². The maximum Gasteiger partial charge on any atom is 0.240 e. The molecular weight excluding hydrogens is 338 g/mol. The van der Waals surface area contributed by atoms with Gasteiger partial charge >= 0.3 is 0 Å². The van der Waals surface area contributed by atoms with Crippen LogP contribution in [-0.4, -0.2) is 60.6 Å². The molecule has 2 aliphatic rings. The number of carbonyl (C=O) groups excluding carboxylic acids is 1. The molecule has 144 valence electrons. The highest BCUT2D eigenvalue weighted by molar-refractivity contribution is 5.84. The summed E-state index contributed by atoms with van der Waals surface area (Å²) >= 11 is 0. The predicted molar refractivity (Wildman–Crippen MR) is 108 cm³/mol. The van der Waals surface area contributed by atoms with Crippen molar-refractivity contribution >= 4 is 16.7 Å². The molecule has 4 rings (SSSR count). The summed E-state index contributed by atoms with van der Waals surface area (Å²) in [5.41, 5.74) is 5.60. The number of likely N-dealkylation sites (N-methyl/N-ethyl adjacent to an activating group) is 1. The molecule has 2 heterocycles. The van der Waals surface area contributed by atoms with E-state index in [1.165, 1.54) is 10.8 Å². The lowest BCUT2D eigenvalue weighted by atomic mass is 10.0. The molecular formula is C22H29N3O2. The number of hydrogen-bond acceptors (Lipinski definition) is 4. The molecule has 2 N–H and O–H groups in total. The van der Waals surface area contributed by atoms with Crippen molar-refractivity contribution < 1.29 is 9.53 Å². The maximum absolute atomic E-state index is 13.0. The van der Waals surface area contributed by atoms with Crippen LogP contribution in [0.15, 0.2) is 42.5 Å². The third-order valence-corrected chi connectivity index (χ3v) is 5.93. The number of nitrogens with zero attached hydrogens (tertiary/aromatic N) is 2. The average molecular weight is 367 g/mol. The Morgan fingerprint density at radius 1 is 1.11 bits per heavy atom. The number of hydrogen-bond donors (Lipinski definition) is 1. The Morgan fingerprint density at radius 3 is 2.74 bits per heavy atom. The summed E-state index contributed by atoms with van der Waals surface area (Å²) in [5.74, 6) is 1.15. The van der Waals surface area contributed by atoms with Crippen molar-refractivity contribution in [3.05, 3.63) is 42.5 Å². The van der Waals surface area contributed by atoms with E-state index in [4.69, 9.17) is 10.5 Å². The van der Waals surface area contributed by atoms with Crippen molar-refractivity contribution in [1.29, 1.82) is 0 Å². The number of amides is 1. The van der Waals surface area contributed by atoms with Gasteiger partial charge in [-0.1, -0.05) is 36.8 Å². The summed E-state index contributed by atoms with van der Waals surface area (Å²) in [5, 5.41) is 2.40. The molecule has 0 aliphatic carbocycles. The Hall–Kier alpha value is -2.11. The van der Waals surface area contributed by atoms with E-state index >= 15 is 0 Å². The van der Waals surface area contributed by atoms with Gasteiger partial charge in [-0.3, -0.25) is 9.69 Å². The van der Waals surface area contributed by atoms with Crippen LogP contribution < -0.4 is 10.5 Å². The number of fused-ring (bicyclic) bond motifs is 2. The maximum atomic E-state index is 13.0. The highest BCUT2D eigenvalue weighted by Crippen LogP contribution is 2.30. The second kappa shape index (κ2) is 7.87. The van der Waals surface area contributed by atoms with Crippen molar-refractivity contribution in [3.63, 3.8) is 0 Å². The largest absolute Gasteiger partial charge is 0.488 e. The van der Waals surface area contributed by atoms with E-state index < -0.39 is 0 Å². The summed E-state index contributed by atoms with van der Waals surface area (Å²) in [6, 6.07) is 14.8. The molecule has 0 saturated carbocycles. The topological polar surface area (TPSA) is 58.8 Å². The highest BCUT2D eigenvalue weighted by atomic mass is 16.5. The van der Waals surface area contributed by atoms with Gasteiger partial charge in [0.2, 0.25) is 5.91 Å². The van der Waals surface area contributed by atoms with Gasteiger partial charge in [0, 0.05) is 19.0 Å². The molecule has 0 radical (unpaired) electrons. The van der Waals surface area contributed by atoms with E-state index in [9.17, 15) is 4.79 Å². The number of ether oxygens (including phenoxy) is 1. The average Bonchev–Trinajstić information content (AvgIpc) is 3.07. The van der Waals surface area contributed by atoms with Gasteiger partial charge in [0.05, 0.1) is 12.6 Å². The molecule has 5 nitrogen and oxygen atoms in total. The Balaban J connectivity index is 1.42. The SMILES string of the molecule is CN1CC2C[C@H](Oc3ccc4ccccc4c3)CN2C(=O)[C@@H]1CCCCN. The summed E-state index contributed by atoms with van der Waals surface area (Å²) in [7, 11) is 2.07. The van der Waals surface area contributed by atoms with Gasteiger partial charge in [0.1, 0.15) is 11.9 Å². The molecule has 2 aromatic carbocycles. The van der Waals surface area contributed by atoms with E-state index in [2.05, 4.69) is 41.1 Å². The van der Waals surface area contributed by atoms with Crippen LogP contribution in [0.3, 0.4) is 0 Å². The number of unbranched alkanes of at least 4 members (excludes halogenated alkanes) is 1. The molecule has 1 unspecified atom stereocenters. The Morgan fingerprint density at radius 2 is 1.93 bits per heavy atom. The van der Waals surface area contributed by atoms with Crippen LogP contribution in [0.1, 0.15) is 25.7 Å². The minimum Gasteiger partial charge on any atom is -0.488 e. The normalized spacial score (nSPS) is 25.8. The number of nitrogens with two attached hydrogens (primary N) is 1. The first-order chi connectivity index (χ1) is 13.2. The lowest BCUT2D eigenvalue weighted by molar-refractivity contribution is -0.143. The van der Waals surface area contributed by atoms with Crippen LogP contribution in [0, 0.1) is 0 Å². The van der Waals surface area contributed by atoms with Gasteiger partial charge < -0.3 is 15.4 Å². The molecule has 0 aromatic heterocycles. The van der Waals surface area contributed by atoms with Crippen molar-refractivity contribution in [1.82, 2.24) is 9.80 Å². The standard InChI is InChI=1S/C22H29N3O2/c1-24-14-18-13-20(15-25(18)22(26)21(24)8-4-5-11-23)27-19-10-9-16-6-2-3-7-17(16)12-19/h2-3,6-7,9-10,12,18,20-21H,4-5,8,11,13-15,23H2,1H3/t18?,20-,21-/m0/s1. The van der Waals surface area contributed by atoms with Crippen LogP contribution >= 0.6 is 0 Å². The molecule has 27 heavy (non-hydrogen) atoms. The van der Waals surface area contributed by atoms with Crippen LogP contribution in [0.2, 0.25) is 0 Å². The first-order valence-electron chi connectivity index (χ1n) is 10.0. The summed E-state index contributed by atoms with van der Waals surface area (Å²) < 4.78 is 6.26. The zero-order valence-corrected chi connectivity index (χ0v) is 16.0. The Kier molecular flexibility index (Phi) is 5.32. The number of benzene rings is 2. The van der Waals surface area contributed by atoms with Gasteiger partial charge in [0.25, 0.3) is 0 Å². The fraction of sp³-hybridized carbons (Fsp3) is 0.500. The van der Waals surface area contributed by atoms with E-state index in [0.29, 0.717) is 13.1 Å². The molecule has 1 amide bonds. The van der Waals surface area contributed by atoms with Crippen molar-refractivity contribution in [2.24, 2.45) is 5.73 Å². The van der Waals surface area contributed by atoms with E-state index in [-0.39, 0.29) is 24.1 Å². The van der Waals surface area contributed by atoms with Gasteiger partial charge in [-0.25, -0.2) is 0 Å². The van der Waals surface area contributed by atoms with E-state index in [1.54, 1.807) is 0 Å². The third-order valence-electron chi connectivity index (χ3n) is 5.93. The van der Waals surface area contributed by atoms with Crippen LogP contribution in [-0.2, 0) is 4.79 Å². The molecule has 2 aromatic rings. The molecule has 2 fully saturated rings. The van der Waals surface area contributed by atoms with Gasteiger partial charge in [-0.15, -0.1) is 0 Å². The lowest BCUT2D eigenvalue weighted by Crippen LogP contribution is -2.58. The molecule has 2 saturated heterocycles. The fourth-order valence-electron chi connectivity index (χ4n) is 4.50. The second-order valence-corrected chi connectivity index (χ2v) is 7.87. The highest BCUT2D eigenvalue weighted by Gasteiger charge is 2.44. The Bertz CT molecular complexity index is 809. The minimum absolute atomic E-state index is 0.00720. The molecule has 2 aliphatic heterocycles.